The van der Waals surface area contributed by atoms with Gasteiger partial charge < -0.3 is 10.1 Å². The maximum Gasteiger partial charge on any atom is 0.234 e. The Bertz CT molecular complexity index is 996. The van der Waals surface area contributed by atoms with E-state index in [9.17, 15) is 9.18 Å². The van der Waals surface area contributed by atoms with Gasteiger partial charge in [-0.05, 0) is 55.3 Å². The predicted octanol–water partition coefficient (Wildman–Crippen LogP) is 5.41. The molecule has 1 N–H and O–H groups in total. The SMILES string of the molecule is Cc1cc(C)cc(Oc2cc(SCC(=O)Nc3ccc(F)cc3Cl)ncn2)c1. The van der Waals surface area contributed by atoms with Gasteiger partial charge in [0.1, 0.15) is 22.9 Å². The van der Waals surface area contributed by atoms with Gasteiger partial charge in [-0.1, -0.05) is 29.4 Å². The van der Waals surface area contributed by atoms with E-state index in [1.165, 1.54) is 30.2 Å². The van der Waals surface area contributed by atoms with Crippen LogP contribution in [0.5, 0.6) is 11.6 Å². The molecule has 3 rings (SSSR count). The smallest absolute Gasteiger partial charge is 0.234 e. The van der Waals surface area contributed by atoms with Crippen LogP contribution in [0.2, 0.25) is 5.02 Å². The summed E-state index contributed by atoms with van der Waals surface area (Å²) in [6, 6.07) is 11.4. The average molecular weight is 418 g/mol. The first-order valence-corrected chi connectivity index (χ1v) is 9.71. The fraction of sp³-hybridized carbons (Fsp3) is 0.150. The highest BCUT2D eigenvalue weighted by atomic mass is 35.5. The second-order valence-electron chi connectivity index (χ2n) is 6.08. The van der Waals surface area contributed by atoms with Crippen molar-refractivity contribution in [3.63, 3.8) is 0 Å². The third-order valence-corrected chi connectivity index (χ3v) is 4.83. The third-order valence-electron chi connectivity index (χ3n) is 3.59. The topological polar surface area (TPSA) is 64.1 Å². The Morgan fingerprint density at radius 1 is 1.14 bits per heavy atom. The van der Waals surface area contributed by atoms with Crippen molar-refractivity contribution in [1.29, 1.82) is 0 Å². The first-order chi connectivity index (χ1) is 13.4. The fourth-order valence-electron chi connectivity index (χ4n) is 2.49. The molecule has 0 radical (unpaired) electrons. The van der Waals surface area contributed by atoms with Crippen LogP contribution in [0.1, 0.15) is 11.1 Å². The maximum absolute atomic E-state index is 13.1. The lowest BCUT2D eigenvalue weighted by Crippen LogP contribution is -2.14. The van der Waals surface area contributed by atoms with Gasteiger partial charge in [-0.25, -0.2) is 14.4 Å². The molecular formula is C20H17ClFN3O2S. The standard InChI is InChI=1S/C20H17ClFN3O2S/c1-12-5-13(2)7-15(6-12)27-19-9-20(24-11-23-19)28-10-18(26)25-17-4-3-14(22)8-16(17)21/h3-9,11H,10H2,1-2H3,(H,25,26). The molecule has 8 heteroatoms. The molecule has 144 valence electrons. The number of anilines is 1. The minimum atomic E-state index is -0.463. The summed E-state index contributed by atoms with van der Waals surface area (Å²) >= 11 is 7.14. The number of rotatable bonds is 6. The molecule has 0 saturated heterocycles. The summed E-state index contributed by atoms with van der Waals surface area (Å²) in [6.45, 7) is 3.99. The molecule has 5 nitrogen and oxygen atoms in total. The second-order valence-corrected chi connectivity index (χ2v) is 7.48. The number of nitrogens with one attached hydrogen (secondary N) is 1. The van der Waals surface area contributed by atoms with Gasteiger partial charge in [-0.3, -0.25) is 4.79 Å². The molecule has 1 aromatic heterocycles. The van der Waals surface area contributed by atoms with Gasteiger partial charge in [0, 0.05) is 6.07 Å². The second kappa shape index (κ2) is 9.03. The molecule has 28 heavy (non-hydrogen) atoms. The Hall–Kier alpha value is -2.64. The van der Waals surface area contributed by atoms with Crippen molar-refractivity contribution in [1.82, 2.24) is 9.97 Å². The number of nitrogens with zero attached hydrogens (tertiary/aromatic N) is 2. The summed E-state index contributed by atoms with van der Waals surface area (Å²) in [4.78, 5) is 20.4. The lowest BCUT2D eigenvalue weighted by molar-refractivity contribution is -0.113. The van der Waals surface area contributed by atoms with Crippen LogP contribution in [0.4, 0.5) is 10.1 Å². The lowest BCUT2D eigenvalue weighted by Gasteiger charge is -2.09. The predicted molar refractivity (Wildman–Crippen MR) is 109 cm³/mol. The summed E-state index contributed by atoms with van der Waals surface area (Å²) in [7, 11) is 0. The number of amides is 1. The number of benzene rings is 2. The summed E-state index contributed by atoms with van der Waals surface area (Å²) in [6.07, 6.45) is 1.38. The minimum absolute atomic E-state index is 0.105. The van der Waals surface area contributed by atoms with Crippen molar-refractivity contribution in [3.8, 4) is 11.6 Å². The van der Waals surface area contributed by atoms with Crippen molar-refractivity contribution in [2.45, 2.75) is 18.9 Å². The first-order valence-electron chi connectivity index (χ1n) is 8.35. The van der Waals surface area contributed by atoms with E-state index in [2.05, 4.69) is 21.4 Å². The molecule has 1 heterocycles. The molecule has 0 aliphatic rings. The van der Waals surface area contributed by atoms with Gasteiger partial charge in [0.05, 0.1) is 16.5 Å². The van der Waals surface area contributed by atoms with E-state index in [-0.39, 0.29) is 16.7 Å². The normalized spacial score (nSPS) is 10.6. The van der Waals surface area contributed by atoms with Crippen LogP contribution in [0, 0.1) is 19.7 Å². The van der Waals surface area contributed by atoms with Crippen molar-refractivity contribution >= 4 is 35.0 Å². The molecule has 0 spiro atoms. The van der Waals surface area contributed by atoms with Crippen LogP contribution in [-0.4, -0.2) is 21.6 Å². The molecule has 0 aliphatic carbocycles. The van der Waals surface area contributed by atoms with Crippen molar-refractivity contribution in [2.24, 2.45) is 0 Å². The van der Waals surface area contributed by atoms with Crippen LogP contribution in [0.15, 0.2) is 53.8 Å². The number of hydrogen-bond donors (Lipinski definition) is 1. The van der Waals surface area contributed by atoms with Crippen LogP contribution in [0.3, 0.4) is 0 Å². The van der Waals surface area contributed by atoms with Gasteiger partial charge >= 0.3 is 0 Å². The van der Waals surface area contributed by atoms with Crippen LogP contribution >= 0.6 is 23.4 Å². The summed E-state index contributed by atoms with van der Waals surface area (Å²) in [5.74, 6) is 0.442. The number of aromatic nitrogens is 2. The lowest BCUT2D eigenvalue weighted by atomic mass is 10.1. The monoisotopic (exact) mass is 417 g/mol. The van der Waals surface area contributed by atoms with Crippen LogP contribution in [0.25, 0.3) is 0 Å². The van der Waals surface area contributed by atoms with Crippen LogP contribution < -0.4 is 10.1 Å². The highest BCUT2D eigenvalue weighted by Gasteiger charge is 2.09. The number of ether oxygens (including phenoxy) is 1. The Balaban J connectivity index is 1.60. The highest BCUT2D eigenvalue weighted by Crippen LogP contribution is 2.26. The van der Waals surface area contributed by atoms with Gasteiger partial charge in [-0.2, -0.15) is 0 Å². The van der Waals surface area contributed by atoms with E-state index < -0.39 is 5.82 Å². The zero-order valence-electron chi connectivity index (χ0n) is 15.2. The van der Waals surface area contributed by atoms with E-state index in [0.717, 1.165) is 17.2 Å². The Morgan fingerprint density at radius 3 is 2.61 bits per heavy atom. The zero-order chi connectivity index (χ0) is 20.1. The molecule has 0 unspecified atom stereocenters. The number of carbonyl (C=O) groups excluding carboxylic acids is 1. The van der Waals surface area contributed by atoms with E-state index >= 15 is 0 Å². The molecule has 0 aliphatic heterocycles. The molecule has 0 atom stereocenters. The third kappa shape index (κ3) is 5.68. The van der Waals surface area contributed by atoms with E-state index in [4.69, 9.17) is 16.3 Å². The number of halogens is 2. The number of hydrogen-bond acceptors (Lipinski definition) is 5. The van der Waals surface area contributed by atoms with Crippen LogP contribution in [-0.2, 0) is 4.79 Å². The number of aryl methyl sites for hydroxylation is 2. The minimum Gasteiger partial charge on any atom is -0.439 e. The van der Waals surface area contributed by atoms with Gasteiger partial charge in [0.25, 0.3) is 0 Å². The van der Waals surface area contributed by atoms with Gasteiger partial charge in [0.15, 0.2) is 0 Å². The quantitative estimate of drug-likeness (QED) is 0.429. The molecule has 1 amide bonds. The molecule has 0 fully saturated rings. The Morgan fingerprint density at radius 2 is 1.89 bits per heavy atom. The zero-order valence-corrected chi connectivity index (χ0v) is 16.8. The molecular weight excluding hydrogens is 401 g/mol. The number of thioether (sulfide) groups is 1. The van der Waals surface area contributed by atoms with Crippen molar-refractivity contribution < 1.29 is 13.9 Å². The largest absolute Gasteiger partial charge is 0.439 e. The summed E-state index contributed by atoms with van der Waals surface area (Å²) in [5.41, 5.74) is 2.54. The van der Waals surface area contributed by atoms with E-state index in [1.807, 2.05) is 26.0 Å². The maximum atomic E-state index is 13.1. The molecule has 0 saturated carbocycles. The van der Waals surface area contributed by atoms with Gasteiger partial charge in [-0.15, -0.1) is 0 Å². The molecule has 0 bridgehead atoms. The van der Waals surface area contributed by atoms with E-state index in [1.54, 1.807) is 6.07 Å². The number of carbonyl (C=O) groups is 1. The van der Waals surface area contributed by atoms with Gasteiger partial charge in [0.2, 0.25) is 11.8 Å². The van der Waals surface area contributed by atoms with Crippen molar-refractivity contribution in [3.05, 3.63) is 70.8 Å². The fourth-order valence-corrected chi connectivity index (χ4v) is 3.36. The highest BCUT2D eigenvalue weighted by molar-refractivity contribution is 7.99. The van der Waals surface area contributed by atoms with Crippen molar-refractivity contribution in [2.75, 3.05) is 11.1 Å². The summed E-state index contributed by atoms with van der Waals surface area (Å²) < 4.78 is 18.9. The molecule has 3 aromatic rings. The average Bonchev–Trinajstić information content (AvgIpc) is 2.62. The Kier molecular flexibility index (Phi) is 6.49. The Labute approximate surface area is 171 Å². The van der Waals surface area contributed by atoms with E-state index in [0.29, 0.717) is 22.3 Å². The summed E-state index contributed by atoms with van der Waals surface area (Å²) in [5, 5.41) is 3.38. The molecule has 2 aromatic carbocycles. The first kappa shape index (κ1) is 20.1.